The van der Waals surface area contributed by atoms with E-state index >= 15 is 0 Å². The molecule has 3 aromatic rings. The number of methoxy groups -OCH3 is 3. The van der Waals surface area contributed by atoms with Gasteiger partial charge in [-0.05, 0) is 25.1 Å². The lowest BCUT2D eigenvalue weighted by Crippen LogP contribution is -2.18. The van der Waals surface area contributed by atoms with Gasteiger partial charge >= 0.3 is 5.97 Å². The van der Waals surface area contributed by atoms with Crippen molar-refractivity contribution in [3.63, 3.8) is 0 Å². The summed E-state index contributed by atoms with van der Waals surface area (Å²) in [5.74, 6) is 0.262. The molecule has 30 heavy (non-hydrogen) atoms. The smallest absolute Gasteiger partial charge is 0.325 e. The van der Waals surface area contributed by atoms with Crippen LogP contribution in [0.3, 0.4) is 0 Å². The average Bonchev–Trinajstić information content (AvgIpc) is 3.04. The highest BCUT2D eigenvalue weighted by Gasteiger charge is 2.15. The van der Waals surface area contributed by atoms with Gasteiger partial charge in [0.1, 0.15) is 18.0 Å². The predicted molar refractivity (Wildman–Crippen MR) is 113 cm³/mol. The topological polar surface area (TPSA) is 91.2 Å². The summed E-state index contributed by atoms with van der Waals surface area (Å²) in [5, 5.41) is 5.03. The molecule has 1 amide bonds. The minimum atomic E-state index is -0.403. The SMILES string of the molecule is COC(=O)Cn1c(C)c(/C=N\NC(=O)c2cc(OC)cc(OC)c2)c2ccccc21. The number of esters is 1. The van der Waals surface area contributed by atoms with Crippen LogP contribution in [0.2, 0.25) is 0 Å². The van der Waals surface area contributed by atoms with Crippen molar-refractivity contribution in [3.8, 4) is 11.5 Å². The molecule has 8 heteroatoms. The molecular formula is C22H23N3O5. The molecule has 0 saturated carbocycles. The molecule has 0 bridgehead atoms. The second-order valence-electron chi connectivity index (χ2n) is 6.48. The van der Waals surface area contributed by atoms with Crippen LogP contribution in [0.4, 0.5) is 0 Å². The van der Waals surface area contributed by atoms with Gasteiger partial charge < -0.3 is 18.8 Å². The van der Waals surface area contributed by atoms with Crippen LogP contribution < -0.4 is 14.9 Å². The molecule has 1 heterocycles. The first kappa shape index (κ1) is 20.9. The van der Waals surface area contributed by atoms with E-state index in [9.17, 15) is 9.59 Å². The third-order valence-corrected chi connectivity index (χ3v) is 4.77. The van der Waals surface area contributed by atoms with Crippen molar-refractivity contribution in [2.45, 2.75) is 13.5 Å². The number of hydrazone groups is 1. The molecule has 3 rings (SSSR count). The number of aromatic nitrogens is 1. The number of nitrogens with one attached hydrogen (secondary N) is 1. The molecule has 0 atom stereocenters. The normalized spacial score (nSPS) is 10.9. The molecule has 1 N–H and O–H groups in total. The first-order valence-corrected chi connectivity index (χ1v) is 9.19. The summed E-state index contributed by atoms with van der Waals surface area (Å²) in [7, 11) is 4.39. The van der Waals surface area contributed by atoms with Gasteiger partial charge in [-0.1, -0.05) is 18.2 Å². The van der Waals surface area contributed by atoms with Gasteiger partial charge in [0.05, 0.1) is 27.5 Å². The standard InChI is InChI=1S/C22H23N3O5/c1-14-19(18-7-5-6-8-20(18)25(14)13-21(26)30-4)12-23-24-22(27)15-9-16(28-2)11-17(10-15)29-3/h5-12H,13H2,1-4H3,(H,24,27)/b23-12-. The molecule has 1 aromatic heterocycles. The summed E-state index contributed by atoms with van der Waals surface area (Å²) in [6, 6.07) is 12.5. The van der Waals surface area contributed by atoms with Crippen LogP contribution in [-0.4, -0.2) is 44.0 Å². The first-order valence-electron chi connectivity index (χ1n) is 9.19. The van der Waals surface area contributed by atoms with E-state index in [1.807, 2.05) is 35.8 Å². The Bertz CT molecular complexity index is 1100. The minimum absolute atomic E-state index is 0.0899. The number of carbonyl (C=O) groups is 2. The van der Waals surface area contributed by atoms with E-state index < -0.39 is 5.91 Å². The lowest BCUT2D eigenvalue weighted by molar-refractivity contribution is -0.141. The number of hydrogen-bond donors (Lipinski definition) is 1. The highest BCUT2D eigenvalue weighted by molar-refractivity contribution is 6.02. The summed E-state index contributed by atoms with van der Waals surface area (Å²) in [6.07, 6.45) is 1.57. The van der Waals surface area contributed by atoms with Crippen molar-refractivity contribution in [3.05, 3.63) is 59.3 Å². The molecule has 0 unspecified atom stereocenters. The summed E-state index contributed by atoms with van der Waals surface area (Å²) in [4.78, 5) is 24.3. The average molecular weight is 409 g/mol. The van der Waals surface area contributed by atoms with Gasteiger partial charge in [0.2, 0.25) is 0 Å². The fourth-order valence-corrected chi connectivity index (χ4v) is 3.18. The molecule has 0 fully saturated rings. The van der Waals surface area contributed by atoms with Gasteiger partial charge in [-0.15, -0.1) is 0 Å². The Morgan fingerprint density at radius 3 is 2.37 bits per heavy atom. The Kier molecular flexibility index (Phi) is 6.36. The van der Waals surface area contributed by atoms with Gasteiger partial charge in [-0.25, -0.2) is 5.43 Å². The van der Waals surface area contributed by atoms with Crippen LogP contribution >= 0.6 is 0 Å². The number of benzene rings is 2. The Morgan fingerprint density at radius 2 is 1.73 bits per heavy atom. The molecule has 0 aliphatic carbocycles. The fourth-order valence-electron chi connectivity index (χ4n) is 3.18. The van der Waals surface area contributed by atoms with Crippen molar-refractivity contribution >= 4 is 29.0 Å². The van der Waals surface area contributed by atoms with Crippen molar-refractivity contribution in [2.24, 2.45) is 5.10 Å². The molecule has 0 radical (unpaired) electrons. The van der Waals surface area contributed by atoms with E-state index in [0.29, 0.717) is 17.1 Å². The Labute approximate surface area is 174 Å². The van der Waals surface area contributed by atoms with Crippen molar-refractivity contribution < 1.29 is 23.8 Å². The number of para-hydroxylation sites is 1. The second-order valence-corrected chi connectivity index (χ2v) is 6.48. The molecule has 2 aromatic carbocycles. The first-order chi connectivity index (χ1) is 14.5. The number of rotatable bonds is 7. The molecule has 0 spiro atoms. The highest BCUT2D eigenvalue weighted by Crippen LogP contribution is 2.25. The number of hydrogen-bond acceptors (Lipinski definition) is 6. The summed E-state index contributed by atoms with van der Waals surface area (Å²) < 4.78 is 17.0. The number of amides is 1. The monoisotopic (exact) mass is 409 g/mol. The third kappa shape index (κ3) is 4.27. The van der Waals surface area contributed by atoms with Crippen LogP contribution in [0.5, 0.6) is 11.5 Å². The molecule has 0 aliphatic heterocycles. The molecule has 0 aliphatic rings. The maximum absolute atomic E-state index is 12.5. The van der Waals surface area contributed by atoms with Gasteiger partial charge in [0, 0.05) is 33.8 Å². The summed E-state index contributed by atoms with van der Waals surface area (Å²) in [6.45, 7) is 1.98. The molecular weight excluding hydrogens is 386 g/mol. The highest BCUT2D eigenvalue weighted by atomic mass is 16.5. The fraction of sp³-hybridized carbons (Fsp3) is 0.227. The number of nitrogens with zero attached hydrogens (tertiary/aromatic N) is 2. The minimum Gasteiger partial charge on any atom is -0.497 e. The molecule has 8 nitrogen and oxygen atoms in total. The Hall–Kier alpha value is -3.81. The number of carbonyl (C=O) groups excluding carboxylic acids is 2. The van der Waals surface area contributed by atoms with Crippen LogP contribution in [0.25, 0.3) is 10.9 Å². The van der Waals surface area contributed by atoms with E-state index in [0.717, 1.165) is 22.2 Å². The van der Waals surface area contributed by atoms with E-state index in [1.165, 1.54) is 21.3 Å². The lowest BCUT2D eigenvalue weighted by atomic mass is 10.1. The molecule has 0 saturated heterocycles. The predicted octanol–water partition coefficient (Wildman–Crippen LogP) is 2.90. The van der Waals surface area contributed by atoms with Gasteiger partial charge in [0.25, 0.3) is 5.91 Å². The zero-order chi connectivity index (χ0) is 21.7. The lowest BCUT2D eigenvalue weighted by Gasteiger charge is -2.07. The third-order valence-electron chi connectivity index (χ3n) is 4.77. The van der Waals surface area contributed by atoms with E-state index in [-0.39, 0.29) is 12.5 Å². The van der Waals surface area contributed by atoms with Crippen molar-refractivity contribution in [1.82, 2.24) is 9.99 Å². The maximum Gasteiger partial charge on any atom is 0.325 e. The van der Waals surface area contributed by atoms with Gasteiger partial charge in [-0.2, -0.15) is 5.10 Å². The number of fused-ring (bicyclic) bond motifs is 1. The Morgan fingerprint density at radius 1 is 1.07 bits per heavy atom. The zero-order valence-electron chi connectivity index (χ0n) is 17.3. The van der Waals surface area contributed by atoms with Crippen molar-refractivity contribution in [1.29, 1.82) is 0 Å². The maximum atomic E-state index is 12.5. The van der Waals surface area contributed by atoms with Crippen LogP contribution in [-0.2, 0) is 16.1 Å². The van der Waals surface area contributed by atoms with E-state index in [4.69, 9.17) is 14.2 Å². The van der Waals surface area contributed by atoms with Crippen LogP contribution in [0, 0.1) is 6.92 Å². The van der Waals surface area contributed by atoms with Crippen molar-refractivity contribution in [2.75, 3.05) is 21.3 Å². The van der Waals surface area contributed by atoms with Crippen LogP contribution in [0.15, 0.2) is 47.6 Å². The zero-order valence-corrected chi connectivity index (χ0v) is 17.3. The van der Waals surface area contributed by atoms with E-state index in [2.05, 4.69) is 10.5 Å². The summed E-state index contributed by atoms with van der Waals surface area (Å²) >= 11 is 0. The van der Waals surface area contributed by atoms with E-state index in [1.54, 1.807) is 24.4 Å². The second kappa shape index (κ2) is 9.13. The molecule has 156 valence electrons. The largest absolute Gasteiger partial charge is 0.497 e. The quantitative estimate of drug-likeness (QED) is 0.368. The number of ether oxygens (including phenoxy) is 3. The summed E-state index contributed by atoms with van der Waals surface area (Å²) in [5.41, 5.74) is 5.40. The van der Waals surface area contributed by atoms with Gasteiger partial charge in [0.15, 0.2) is 0 Å². The van der Waals surface area contributed by atoms with Gasteiger partial charge in [-0.3, -0.25) is 9.59 Å². The Balaban J connectivity index is 1.87. The van der Waals surface area contributed by atoms with Crippen LogP contribution in [0.1, 0.15) is 21.6 Å².